The number of nitrogens with zero attached hydrogens (tertiary/aromatic N) is 2. The third-order valence-corrected chi connectivity index (χ3v) is 14.6. The number of methoxy groups -OCH3 is 2. The summed E-state index contributed by atoms with van der Waals surface area (Å²) in [5.74, 6) is 0.663. The van der Waals surface area contributed by atoms with Crippen molar-refractivity contribution in [1.82, 2.24) is 15.5 Å². The number of carbonyl (C=O) groups excluding carboxylic acids is 2. The lowest BCUT2D eigenvalue weighted by Gasteiger charge is -2.59. The highest BCUT2D eigenvalue weighted by Crippen LogP contribution is 2.63. The molecule has 4 aromatic carbocycles. The number of benzene rings is 4. The predicted molar refractivity (Wildman–Crippen MR) is 223 cm³/mol. The molecule has 4 aromatic rings. The fraction of sp³-hybridized carbons (Fsp3) is 0.370. The van der Waals surface area contributed by atoms with Gasteiger partial charge in [0.2, 0.25) is 6.79 Å². The van der Waals surface area contributed by atoms with Crippen LogP contribution in [0.5, 0.6) is 40.2 Å². The zero-order valence-electron chi connectivity index (χ0n) is 33.9. The summed E-state index contributed by atoms with van der Waals surface area (Å²) < 4.78 is 36.6. The maximum Gasteiger partial charge on any atom is 0.336 e. The normalized spacial score (nSPS) is 27.0. The maximum atomic E-state index is 14.9. The summed E-state index contributed by atoms with van der Waals surface area (Å²) in [7, 11) is 2.99. The van der Waals surface area contributed by atoms with Gasteiger partial charge in [0.1, 0.15) is 18.4 Å². The second-order valence-corrected chi connectivity index (χ2v) is 17.4. The van der Waals surface area contributed by atoms with Gasteiger partial charge in [0.05, 0.1) is 37.6 Å². The molecule has 2 saturated heterocycles. The number of phenolic OH excluding ortho intramolecular Hbond substituents is 2. The average Bonchev–Trinajstić information content (AvgIpc) is 3.76. The number of phenols is 2. The lowest BCUT2D eigenvalue weighted by atomic mass is 9.72. The number of rotatable bonds is 5. The molecule has 1 spiro atoms. The van der Waals surface area contributed by atoms with E-state index in [2.05, 4.69) is 21.6 Å². The molecule has 7 heterocycles. The Morgan fingerprint density at radius 3 is 2.59 bits per heavy atom. The van der Waals surface area contributed by atoms with Crippen molar-refractivity contribution in [3.63, 3.8) is 0 Å². The number of aromatic hydroxyl groups is 2. The molecule has 7 atom stereocenters. The average molecular weight is 845 g/mol. The minimum absolute atomic E-state index is 0.0132. The van der Waals surface area contributed by atoms with Crippen LogP contribution in [0.15, 0.2) is 54.6 Å². The van der Waals surface area contributed by atoms with Crippen LogP contribution >= 0.6 is 11.8 Å². The molecule has 4 bridgehead atoms. The van der Waals surface area contributed by atoms with Gasteiger partial charge in [-0.3, -0.25) is 10.2 Å². The second kappa shape index (κ2) is 14.9. The molecule has 2 fully saturated rings. The molecule has 314 valence electrons. The van der Waals surface area contributed by atoms with Crippen LogP contribution in [0.4, 0.5) is 0 Å². The highest BCUT2D eigenvalue weighted by atomic mass is 32.2. The molecule has 0 saturated carbocycles. The first-order chi connectivity index (χ1) is 29.6. The highest BCUT2D eigenvalue weighted by molar-refractivity contribution is 7.99. The van der Waals surface area contributed by atoms with E-state index in [0.717, 1.165) is 22.3 Å². The Morgan fingerprint density at radius 1 is 1.02 bits per heavy atom. The first-order valence-electron chi connectivity index (χ1n) is 20.3. The Kier molecular flexibility index (Phi) is 9.59. The number of thioether (sulfide) groups is 1. The van der Waals surface area contributed by atoms with E-state index in [-0.39, 0.29) is 48.2 Å². The summed E-state index contributed by atoms with van der Waals surface area (Å²) in [6.07, 6.45) is 4.07. The smallest absolute Gasteiger partial charge is 0.336 e. The number of aryl methyl sites for hydroxylation is 1. The number of hydrogen-bond acceptors (Lipinski definition) is 15. The summed E-state index contributed by atoms with van der Waals surface area (Å²) in [4.78, 5) is 31.0. The van der Waals surface area contributed by atoms with Crippen molar-refractivity contribution >= 4 is 29.8 Å². The van der Waals surface area contributed by atoms with Gasteiger partial charge >= 0.3 is 11.9 Å². The van der Waals surface area contributed by atoms with E-state index in [1.54, 1.807) is 18.2 Å². The number of piperazine rings is 1. The van der Waals surface area contributed by atoms with Crippen molar-refractivity contribution < 1.29 is 48.2 Å². The zero-order chi connectivity index (χ0) is 42.3. The van der Waals surface area contributed by atoms with E-state index in [1.165, 1.54) is 32.1 Å². The number of nitrogens with one attached hydrogen (secondary N) is 2. The topological polar surface area (TPSA) is 181 Å². The fourth-order valence-electron chi connectivity index (χ4n) is 10.5. The standard InChI is InChI=1S/C46H44N4O10S/c1-22-14-26-15-28-29(18-47)50-30-19-57-45(54)46(27-17-32(55-3)31(51)16-25(27)12-13-48-46)20-61-44(38(50)37(49-28)34(26)39(53)40(22)56-4)36-35(30)43-42(58-21-59-43)23(2)41(36)60-33(52)11-10-24-8-6-5-7-9-24/h5-11,14,16-17,28-30,37-38,44,48-49,51,53H,12-13,15,19-21H2,1-4H3/b11-10+/t28-,29-,30-,37+,38?,44+,46+/m0/s1. The largest absolute Gasteiger partial charge is 0.504 e. The van der Waals surface area contributed by atoms with E-state index >= 15 is 0 Å². The van der Waals surface area contributed by atoms with E-state index in [0.29, 0.717) is 64.5 Å². The molecule has 4 N–H and O–H groups in total. The third kappa shape index (κ3) is 5.94. The number of carbonyl (C=O) groups is 2. The van der Waals surface area contributed by atoms with Gasteiger partial charge in [-0.05, 0) is 72.7 Å². The molecule has 0 aliphatic carbocycles. The van der Waals surface area contributed by atoms with Crippen LogP contribution in [0.25, 0.3) is 6.08 Å². The van der Waals surface area contributed by atoms with Crippen LogP contribution in [-0.4, -0.2) is 85.1 Å². The monoisotopic (exact) mass is 844 g/mol. The minimum atomic E-state index is -1.39. The molecule has 15 heteroatoms. The van der Waals surface area contributed by atoms with E-state index < -0.39 is 46.9 Å². The van der Waals surface area contributed by atoms with Gasteiger partial charge in [-0.1, -0.05) is 36.4 Å². The molecule has 7 aliphatic heterocycles. The van der Waals surface area contributed by atoms with Crippen molar-refractivity contribution in [1.29, 1.82) is 5.26 Å². The van der Waals surface area contributed by atoms with Crippen molar-refractivity contribution in [2.45, 2.75) is 67.7 Å². The van der Waals surface area contributed by atoms with Gasteiger partial charge in [-0.2, -0.15) is 5.26 Å². The van der Waals surface area contributed by atoms with Crippen molar-refractivity contribution in [2.24, 2.45) is 0 Å². The number of ether oxygens (including phenoxy) is 6. The van der Waals surface area contributed by atoms with Gasteiger partial charge < -0.3 is 44.0 Å². The van der Waals surface area contributed by atoms with E-state index in [9.17, 15) is 25.1 Å². The number of fused-ring (bicyclic) bond motifs is 9. The first-order valence-corrected chi connectivity index (χ1v) is 21.3. The molecular weight excluding hydrogens is 801 g/mol. The number of esters is 2. The molecule has 0 amide bonds. The SMILES string of the molecule is COc1cc2c(cc1O)CCN[C@]21CS[C@@H]2c3c(OC(=O)/C=C/c4ccccc4)c(C)c4c(c3[C@H](COC1=O)N1C2[C@@H]2N[C@@H](Cc3cc(C)c(OC)c(O)c32)[C@@H]1C#N)OCO4. The van der Waals surface area contributed by atoms with Crippen LogP contribution in [0, 0.1) is 25.2 Å². The molecule has 0 aromatic heterocycles. The molecule has 61 heavy (non-hydrogen) atoms. The van der Waals surface area contributed by atoms with Crippen LogP contribution in [0.1, 0.15) is 67.4 Å². The van der Waals surface area contributed by atoms with E-state index in [4.69, 9.17) is 28.4 Å². The van der Waals surface area contributed by atoms with Gasteiger partial charge in [0, 0.05) is 52.7 Å². The third-order valence-electron chi connectivity index (χ3n) is 13.1. The molecule has 7 aliphatic rings. The number of hydrogen-bond donors (Lipinski definition) is 4. The summed E-state index contributed by atoms with van der Waals surface area (Å²) >= 11 is 1.46. The second-order valence-electron chi connectivity index (χ2n) is 16.2. The minimum Gasteiger partial charge on any atom is -0.504 e. The summed E-state index contributed by atoms with van der Waals surface area (Å²) in [5, 5.41) is 40.7. The molecule has 11 rings (SSSR count). The van der Waals surface area contributed by atoms with Crippen molar-refractivity contribution in [3.05, 3.63) is 105 Å². The van der Waals surface area contributed by atoms with Crippen LogP contribution in [-0.2, 0) is 32.7 Å². The summed E-state index contributed by atoms with van der Waals surface area (Å²) in [6, 6.07) is 14.3. The summed E-state index contributed by atoms with van der Waals surface area (Å²) in [6.45, 7) is 3.84. The van der Waals surface area contributed by atoms with Gasteiger partial charge in [-0.25, -0.2) is 9.59 Å². The Morgan fingerprint density at radius 2 is 1.82 bits per heavy atom. The van der Waals surface area contributed by atoms with Crippen LogP contribution in [0.3, 0.4) is 0 Å². The van der Waals surface area contributed by atoms with Crippen molar-refractivity contribution in [3.8, 4) is 46.3 Å². The fourth-order valence-corrected chi connectivity index (χ4v) is 12.2. The number of nitriles is 1. The summed E-state index contributed by atoms with van der Waals surface area (Å²) in [5.41, 5.74) is 4.97. The van der Waals surface area contributed by atoms with Crippen LogP contribution in [0.2, 0.25) is 0 Å². The Hall–Kier alpha value is -5.92. The Labute approximate surface area is 356 Å². The Bertz CT molecular complexity index is 2580. The Balaban J connectivity index is 1.21. The first kappa shape index (κ1) is 39.2. The predicted octanol–water partition coefficient (Wildman–Crippen LogP) is 5.34. The van der Waals surface area contributed by atoms with Crippen LogP contribution < -0.4 is 34.3 Å². The lowest BCUT2D eigenvalue weighted by Crippen LogP contribution is -2.69. The van der Waals surface area contributed by atoms with Crippen molar-refractivity contribution in [2.75, 3.05) is 39.9 Å². The van der Waals surface area contributed by atoms with Gasteiger partial charge in [0.25, 0.3) is 0 Å². The quantitative estimate of drug-likeness (QED) is 0.115. The van der Waals surface area contributed by atoms with E-state index in [1.807, 2.05) is 50.2 Å². The molecule has 1 unspecified atom stereocenters. The molecule has 0 radical (unpaired) electrons. The van der Waals surface area contributed by atoms with Gasteiger partial charge in [0.15, 0.2) is 40.0 Å². The lowest BCUT2D eigenvalue weighted by molar-refractivity contribution is -0.155. The maximum absolute atomic E-state index is 14.9. The molecule has 14 nitrogen and oxygen atoms in total. The zero-order valence-corrected chi connectivity index (χ0v) is 34.8. The highest BCUT2D eigenvalue weighted by Gasteiger charge is 2.60. The van der Waals surface area contributed by atoms with Gasteiger partial charge in [-0.15, -0.1) is 11.8 Å². The molecular formula is C46H44N4O10S.